The van der Waals surface area contributed by atoms with Crippen LogP contribution in [0.5, 0.6) is 0 Å². The molecule has 0 fully saturated rings. The van der Waals surface area contributed by atoms with Crippen LogP contribution in [0.4, 0.5) is 0 Å². The first-order valence-electron chi connectivity index (χ1n) is 1.51. The second kappa shape index (κ2) is 12.2. The Balaban J connectivity index is -0.000000125. The van der Waals surface area contributed by atoms with E-state index in [0.29, 0.717) is 0 Å². The Morgan fingerprint density at radius 1 is 1.62 bits per heavy atom. The van der Waals surface area contributed by atoms with Gasteiger partial charge in [-0.3, -0.25) is 0 Å². The maximum absolute atomic E-state index is 9.84. The first-order valence-corrected chi connectivity index (χ1v) is 1.51. The molecule has 0 amide bonds. The molecule has 4 heteroatoms. The zero-order chi connectivity index (χ0) is 4.99. The number of hydrogen-bond acceptors (Lipinski definition) is 2. The fourth-order valence-corrected chi connectivity index (χ4v) is 0.0833. The molecule has 0 bridgehead atoms. The van der Waals surface area contributed by atoms with E-state index in [0.717, 1.165) is 6.08 Å². The van der Waals surface area contributed by atoms with Crippen LogP contribution in [0, 0.1) is 0 Å². The molecule has 0 aromatic rings. The van der Waals surface area contributed by atoms with Crippen molar-refractivity contribution in [2.24, 2.45) is 0 Å². The van der Waals surface area contributed by atoms with Crippen molar-refractivity contribution in [2.45, 2.75) is 0 Å². The molecule has 0 saturated heterocycles. The summed E-state index contributed by atoms with van der Waals surface area (Å²) in [7, 11) is 1.31. The number of ether oxygens (including phenoxy) is 1. The first kappa shape index (κ1) is 16.8. The summed E-state index contributed by atoms with van der Waals surface area (Å²) < 4.78 is 4.14. The molecule has 2 nitrogen and oxygen atoms in total. The summed E-state index contributed by atoms with van der Waals surface area (Å²) in [6.07, 6.45) is 1.11. The predicted molar refractivity (Wildman–Crippen MR) is 36.5 cm³/mol. The van der Waals surface area contributed by atoms with Gasteiger partial charge in [-0.15, -0.1) is 0 Å². The molecule has 38 valence electrons. The number of esters is 1. The Morgan fingerprint density at radius 3 is 2.00 bits per heavy atom. The molecular weight excluding hydrogens is 158 g/mol. The van der Waals surface area contributed by atoms with Gasteiger partial charge >= 0.3 is 109 Å². The van der Waals surface area contributed by atoms with Crippen LogP contribution < -0.4 is 0 Å². The van der Waals surface area contributed by atoms with Gasteiger partial charge in [0.15, 0.2) is 0 Å². The second-order valence-corrected chi connectivity index (χ2v) is 0.727. The molecule has 0 unspecified atom stereocenters. The number of methoxy groups -OCH3 is 1. The Labute approximate surface area is 134 Å². The minimum absolute atomic E-state index is 0. The van der Waals surface area contributed by atoms with E-state index in [9.17, 15) is 4.79 Å². The Hall–Kier alpha value is 2.48. The Kier molecular flexibility index (Phi) is 25.6. The summed E-state index contributed by atoms with van der Waals surface area (Å²) in [6, 6.07) is 0. The van der Waals surface area contributed by atoms with E-state index in [-0.39, 0.29) is 103 Å². The molecule has 0 heterocycles. The fourth-order valence-electron chi connectivity index (χ4n) is 0.0833. The Morgan fingerprint density at radius 2 is 2.00 bits per heavy atom. The third kappa shape index (κ3) is 11.3. The van der Waals surface area contributed by atoms with Gasteiger partial charge in [0.1, 0.15) is 0 Å². The van der Waals surface area contributed by atoms with Gasteiger partial charge in [0, 0.05) is 6.08 Å². The van der Waals surface area contributed by atoms with Gasteiger partial charge in [0.2, 0.25) is 0 Å². The van der Waals surface area contributed by atoms with Crippen molar-refractivity contribution in [3.8, 4) is 0 Å². The predicted octanol–water partition coefficient (Wildman–Crippen LogP) is -0.952. The summed E-state index contributed by atoms with van der Waals surface area (Å²) in [4.78, 5) is 9.84. The summed E-state index contributed by atoms with van der Waals surface area (Å²) in [5, 5.41) is 0. The van der Waals surface area contributed by atoms with Gasteiger partial charge in [0.05, 0.1) is 7.11 Å². The van der Waals surface area contributed by atoms with Crippen molar-refractivity contribution < 1.29 is 9.53 Å². The minimum atomic E-state index is -0.394. The molecule has 0 aliphatic carbocycles. The van der Waals surface area contributed by atoms with Crippen LogP contribution in [0.2, 0.25) is 0 Å². The van der Waals surface area contributed by atoms with Crippen molar-refractivity contribution in [2.75, 3.05) is 7.11 Å². The molecule has 0 aliphatic rings. The topological polar surface area (TPSA) is 26.3 Å². The maximum atomic E-state index is 9.84. The van der Waals surface area contributed by atoms with Crippen molar-refractivity contribution in [3.05, 3.63) is 12.7 Å². The van der Waals surface area contributed by atoms with E-state index in [4.69, 9.17) is 0 Å². The van der Waals surface area contributed by atoms with Crippen LogP contribution >= 0.6 is 0 Å². The molecule has 0 N–H and O–H groups in total. The van der Waals surface area contributed by atoms with Crippen LogP contribution in [0.1, 0.15) is 0 Å². The molecule has 0 spiro atoms. The summed E-state index contributed by atoms with van der Waals surface area (Å²) in [5.41, 5.74) is 0. The number of carbonyl (C=O) groups is 1. The molecule has 0 atom stereocenters. The third-order valence-corrected chi connectivity index (χ3v) is 0.368. The van der Waals surface area contributed by atoms with E-state index in [1.54, 1.807) is 0 Å². The van der Waals surface area contributed by atoms with Crippen LogP contribution in [0.25, 0.3) is 0 Å². The zero-order valence-corrected chi connectivity index (χ0v) is 3.60. The third-order valence-electron chi connectivity index (χ3n) is 0.368. The normalized spacial score (nSPS) is 5.12. The summed E-state index contributed by atoms with van der Waals surface area (Å²) in [5.74, 6) is -0.394. The van der Waals surface area contributed by atoms with Crippen molar-refractivity contribution in [3.63, 3.8) is 0 Å². The van der Waals surface area contributed by atoms with E-state index < -0.39 is 5.97 Å². The van der Waals surface area contributed by atoms with Crippen LogP contribution in [0.15, 0.2) is 12.7 Å². The average Bonchev–Trinajstić information content (AvgIpc) is 1.65. The van der Waals surface area contributed by atoms with Gasteiger partial charge in [-0.25, -0.2) is 4.79 Å². The van der Waals surface area contributed by atoms with E-state index >= 15 is 0 Å². The molecule has 0 rings (SSSR count). The Bertz CT molecular complexity index is 72.4. The molecule has 0 aromatic carbocycles. The molecule has 8 heavy (non-hydrogen) atoms. The van der Waals surface area contributed by atoms with Gasteiger partial charge in [-0.1, -0.05) is 6.58 Å². The van der Waals surface area contributed by atoms with E-state index in [2.05, 4.69) is 11.3 Å². The molecule has 0 aromatic heterocycles. The van der Waals surface area contributed by atoms with Gasteiger partial charge in [0.25, 0.3) is 0 Å². The monoisotopic (exact) mass is 166 g/mol. The standard InChI is InChI=1S/C4H6O2.2K.2H/c1-3-4(5)6-2;;;;/h3H,1H2,2H3;;;;. The van der Waals surface area contributed by atoms with E-state index in [1.807, 2.05) is 0 Å². The quantitative estimate of drug-likeness (QED) is 0.285. The second-order valence-electron chi connectivity index (χ2n) is 0.727. The van der Waals surface area contributed by atoms with Gasteiger partial charge < -0.3 is 4.74 Å². The van der Waals surface area contributed by atoms with Crippen LogP contribution in [-0.4, -0.2) is 116 Å². The molecule has 0 saturated carbocycles. The molecular formula is C4H8K2O2. The van der Waals surface area contributed by atoms with Gasteiger partial charge in [-0.05, 0) is 0 Å². The van der Waals surface area contributed by atoms with Crippen LogP contribution in [0.3, 0.4) is 0 Å². The zero-order valence-electron chi connectivity index (χ0n) is 3.60. The van der Waals surface area contributed by atoms with Gasteiger partial charge in [-0.2, -0.15) is 0 Å². The molecule has 0 aliphatic heterocycles. The average molecular weight is 166 g/mol. The fraction of sp³-hybridized carbons (Fsp3) is 0.250. The molecule has 0 radical (unpaired) electrons. The number of rotatable bonds is 1. The SMILES string of the molecule is C=CC(=O)OC.[KH].[KH]. The van der Waals surface area contributed by atoms with Crippen molar-refractivity contribution in [1.82, 2.24) is 0 Å². The number of hydrogen-bond donors (Lipinski definition) is 0. The van der Waals surface area contributed by atoms with Crippen molar-refractivity contribution in [1.29, 1.82) is 0 Å². The van der Waals surface area contributed by atoms with Crippen LogP contribution in [-0.2, 0) is 9.53 Å². The first-order chi connectivity index (χ1) is 2.81. The summed E-state index contributed by atoms with van der Waals surface area (Å²) in [6.45, 7) is 3.16. The van der Waals surface area contributed by atoms with Crippen molar-refractivity contribution >= 4 is 109 Å². The number of carbonyl (C=O) groups excluding carboxylic acids is 1. The van der Waals surface area contributed by atoms with E-state index in [1.165, 1.54) is 7.11 Å². The summed E-state index contributed by atoms with van der Waals surface area (Å²) >= 11 is 0.